The fourth-order valence-electron chi connectivity index (χ4n) is 2.12. The topological polar surface area (TPSA) is 58.6 Å². The van der Waals surface area contributed by atoms with Crippen LogP contribution in [0.1, 0.15) is 17.3 Å². The first-order chi connectivity index (χ1) is 9.61. The predicted octanol–water partition coefficient (Wildman–Crippen LogP) is 1.85. The molecule has 2 rings (SSSR count). The Balaban J connectivity index is 2.35. The van der Waals surface area contributed by atoms with E-state index in [9.17, 15) is 9.59 Å². The van der Waals surface area contributed by atoms with Gasteiger partial charge in [-0.25, -0.2) is 0 Å². The number of hydrogen-bond acceptors (Lipinski definition) is 4. The number of nitrogens with one attached hydrogen (secondary N) is 1. The van der Waals surface area contributed by atoms with E-state index in [2.05, 4.69) is 16.8 Å². The molecule has 0 aromatic heterocycles. The van der Waals surface area contributed by atoms with Gasteiger partial charge >= 0.3 is 0 Å². The van der Waals surface area contributed by atoms with Gasteiger partial charge in [0.2, 0.25) is 5.91 Å². The zero-order valence-corrected chi connectivity index (χ0v) is 11.5. The van der Waals surface area contributed by atoms with E-state index in [1.54, 1.807) is 12.1 Å². The Morgan fingerprint density at radius 2 is 2.05 bits per heavy atom. The highest BCUT2D eigenvalue weighted by molar-refractivity contribution is 6.03. The summed E-state index contributed by atoms with van der Waals surface area (Å²) < 4.78 is 5.33. The molecule has 1 aromatic rings. The summed E-state index contributed by atoms with van der Waals surface area (Å²) in [5, 5.41) is 2.76. The number of ether oxygens (including phenoxy) is 1. The van der Waals surface area contributed by atoms with Crippen molar-refractivity contribution >= 4 is 23.1 Å². The Kier molecular flexibility index (Phi) is 4.53. The number of hydrogen-bond donors (Lipinski definition) is 1. The van der Waals surface area contributed by atoms with Crippen molar-refractivity contribution in [1.29, 1.82) is 0 Å². The third-order valence-electron chi connectivity index (χ3n) is 3.20. The molecular formula is C15H18N2O3. The normalized spacial score (nSPS) is 14.8. The number of rotatable bonds is 4. The fraction of sp³-hybridized carbons (Fsp3) is 0.333. The minimum Gasteiger partial charge on any atom is -0.378 e. The zero-order valence-electron chi connectivity index (χ0n) is 11.5. The van der Waals surface area contributed by atoms with Gasteiger partial charge in [0, 0.05) is 18.7 Å². The third kappa shape index (κ3) is 3.24. The molecule has 0 bridgehead atoms. The van der Waals surface area contributed by atoms with Gasteiger partial charge in [0.25, 0.3) is 0 Å². The van der Waals surface area contributed by atoms with Crippen molar-refractivity contribution in [2.75, 3.05) is 36.5 Å². The predicted molar refractivity (Wildman–Crippen MR) is 78.3 cm³/mol. The summed E-state index contributed by atoms with van der Waals surface area (Å²) in [5.41, 5.74) is 2.10. The summed E-state index contributed by atoms with van der Waals surface area (Å²) >= 11 is 0. The minimum atomic E-state index is -0.291. The molecule has 0 aliphatic carbocycles. The fourth-order valence-corrected chi connectivity index (χ4v) is 2.12. The monoisotopic (exact) mass is 274 g/mol. The first-order valence-electron chi connectivity index (χ1n) is 6.53. The van der Waals surface area contributed by atoms with Crippen molar-refractivity contribution < 1.29 is 14.3 Å². The molecule has 20 heavy (non-hydrogen) atoms. The second kappa shape index (κ2) is 6.34. The molecule has 0 spiro atoms. The lowest BCUT2D eigenvalue weighted by molar-refractivity contribution is -0.111. The van der Waals surface area contributed by atoms with Crippen LogP contribution in [0.2, 0.25) is 0 Å². The lowest BCUT2D eigenvalue weighted by Gasteiger charge is -2.30. The summed E-state index contributed by atoms with van der Waals surface area (Å²) in [6.45, 7) is 7.78. The van der Waals surface area contributed by atoms with Gasteiger partial charge in [-0.05, 0) is 31.2 Å². The van der Waals surface area contributed by atoms with Crippen LogP contribution in [0.25, 0.3) is 0 Å². The van der Waals surface area contributed by atoms with Crippen LogP contribution < -0.4 is 10.2 Å². The van der Waals surface area contributed by atoms with E-state index >= 15 is 0 Å². The molecule has 5 nitrogen and oxygen atoms in total. The number of ketones is 1. The van der Waals surface area contributed by atoms with Crippen LogP contribution in [0.3, 0.4) is 0 Å². The molecule has 1 aliphatic rings. The van der Waals surface area contributed by atoms with Crippen LogP contribution in [0.4, 0.5) is 11.4 Å². The Morgan fingerprint density at radius 1 is 1.35 bits per heavy atom. The number of nitrogens with zero attached hydrogens (tertiary/aromatic N) is 1. The number of morpholine rings is 1. The average Bonchev–Trinajstić information content (AvgIpc) is 2.47. The van der Waals surface area contributed by atoms with E-state index in [4.69, 9.17) is 4.74 Å². The van der Waals surface area contributed by atoms with Gasteiger partial charge in [-0.2, -0.15) is 0 Å². The molecule has 1 amide bonds. The molecule has 1 N–H and O–H groups in total. The maximum Gasteiger partial charge on any atom is 0.247 e. The smallest absolute Gasteiger partial charge is 0.247 e. The summed E-state index contributed by atoms with van der Waals surface area (Å²) in [7, 11) is 0. The summed E-state index contributed by atoms with van der Waals surface area (Å²) in [4.78, 5) is 25.1. The van der Waals surface area contributed by atoms with Crippen LogP contribution >= 0.6 is 0 Å². The number of anilines is 2. The van der Waals surface area contributed by atoms with Crippen molar-refractivity contribution in [3.8, 4) is 0 Å². The lowest BCUT2D eigenvalue weighted by Crippen LogP contribution is -2.36. The van der Waals surface area contributed by atoms with Gasteiger partial charge in [-0.15, -0.1) is 0 Å². The van der Waals surface area contributed by atoms with Gasteiger partial charge in [0.1, 0.15) is 0 Å². The molecule has 0 radical (unpaired) electrons. The first-order valence-corrected chi connectivity index (χ1v) is 6.53. The SMILES string of the molecule is C=CC(=O)Nc1cc(C(C)=O)ccc1N1CCOCC1. The Labute approximate surface area is 118 Å². The van der Waals surface area contributed by atoms with Gasteiger partial charge in [-0.3, -0.25) is 9.59 Å². The average molecular weight is 274 g/mol. The van der Waals surface area contributed by atoms with Gasteiger partial charge < -0.3 is 15.0 Å². The van der Waals surface area contributed by atoms with Crippen LogP contribution in [0, 0.1) is 0 Å². The number of carbonyl (C=O) groups is 2. The summed E-state index contributed by atoms with van der Waals surface area (Å²) in [6.07, 6.45) is 1.21. The van der Waals surface area contributed by atoms with E-state index in [1.807, 2.05) is 6.07 Å². The molecule has 0 unspecified atom stereocenters. The second-order valence-electron chi connectivity index (χ2n) is 4.58. The van der Waals surface area contributed by atoms with Gasteiger partial charge in [-0.1, -0.05) is 6.58 Å². The van der Waals surface area contributed by atoms with Gasteiger partial charge in [0.05, 0.1) is 24.6 Å². The van der Waals surface area contributed by atoms with E-state index < -0.39 is 0 Å². The standard InChI is InChI=1S/C15H18N2O3/c1-3-15(19)16-13-10-12(11(2)18)4-5-14(13)17-6-8-20-9-7-17/h3-5,10H,1,6-9H2,2H3,(H,16,19). The summed E-state index contributed by atoms with van der Waals surface area (Å²) in [5.74, 6) is -0.326. The highest BCUT2D eigenvalue weighted by Gasteiger charge is 2.16. The molecule has 1 aliphatic heterocycles. The number of amides is 1. The quantitative estimate of drug-likeness (QED) is 0.672. The lowest BCUT2D eigenvalue weighted by atomic mass is 10.1. The third-order valence-corrected chi connectivity index (χ3v) is 3.20. The number of carbonyl (C=O) groups excluding carboxylic acids is 2. The zero-order chi connectivity index (χ0) is 14.5. The molecule has 0 atom stereocenters. The molecule has 1 fully saturated rings. The highest BCUT2D eigenvalue weighted by Crippen LogP contribution is 2.28. The Morgan fingerprint density at radius 3 is 2.65 bits per heavy atom. The van der Waals surface area contributed by atoms with Crippen molar-refractivity contribution in [3.63, 3.8) is 0 Å². The van der Waals surface area contributed by atoms with Gasteiger partial charge in [0.15, 0.2) is 5.78 Å². The van der Waals surface area contributed by atoms with Crippen LogP contribution in [-0.4, -0.2) is 38.0 Å². The van der Waals surface area contributed by atoms with E-state index in [0.717, 1.165) is 18.8 Å². The summed E-state index contributed by atoms with van der Waals surface area (Å²) in [6, 6.07) is 5.34. The van der Waals surface area contributed by atoms with Crippen LogP contribution in [0.5, 0.6) is 0 Å². The number of benzene rings is 1. The highest BCUT2D eigenvalue weighted by atomic mass is 16.5. The van der Waals surface area contributed by atoms with Crippen molar-refractivity contribution in [1.82, 2.24) is 0 Å². The maximum atomic E-state index is 11.5. The molecule has 0 saturated carbocycles. The molecule has 1 saturated heterocycles. The van der Waals surface area contributed by atoms with Crippen molar-refractivity contribution in [2.45, 2.75) is 6.92 Å². The van der Waals surface area contributed by atoms with E-state index in [1.165, 1.54) is 13.0 Å². The number of Topliss-reactive ketones (excluding diaryl/α,β-unsaturated/α-hetero) is 1. The van der Waals surface area contributed by atoms with Crippen molar-refractivity contribution in [3.05, 3.63) is 36.4 Å². The van der Waals surface area contributed by atoms with Crippen LogP contribution in [0.15, 0.2) is 30.9 Å². The second-order valence-corrected chi connectivity index (χ2v) is 4.58. The molecule has 106 valence electrons. The van der Waals surface area contributed by atoms with Crippen molar-refractivity contribution in [2.24, 2.45) is 0 Å². The largest absolute Gasteiger partial charge is 0.378 e. The van der Waals surface area contributed by atoms with Crippen LogP contribution in [-0.2, 0) is 9.53 Å². The van der Waals surface area contributed by atoms with E-state index in [0.29, 0.717) is 24.5 Å². The molecule has 5 heteroatoms. The molecule has 1 aromatic carbocycles. The van der Waals surface area contributed by atoms with E-state index in [-0.39, 0.29) is 11.7 Å². The Hall–Kier alpha value is -2.14. The maximum absolute atomic E-state index is 11.5. The first kappa shape index (κ1) is 14.3. The molecule has 1 heterocycles. The minimum absolute atomic E-state index is 0.0346. The Bertz CT molecular complexity index is 534. The molecular weight excluding hydrogens is 256 g/mol.